The molecular weight excluding hydrogens is 214 g/mol. The van der Waals surface area contributed by atoms with Gasteiger partial charge in [0.25, 0.3) is 0 Å². The Balaban J connectivity index is 2.56. The number of benzene rings is 1. The zero-order valence-corrected chi connectivity index (χ0v) is 8.97. The van der Waals surface area contributed by atoms with Crippen molar-refractivity contribution in [1.29, 1.82) is 0 Å². The molecule has 0 heterocycles. The first-order valence-corrected chi connectivity index (χ1v) is 5.27. The molecule has 4 nitrogen and oxygen atoms in total. The van der Waals surface area contributed by atoms with Crippen molar-refractivity contribution in [2.45, 2.75) is 11.8 Å². The maximum absolute atomic E-state index is 10.7. The van der Waals surface area contributed by atoms with Crippen LogP contribution in [0.1, 0.15) is 6.92 Å². The fourth-order valence-electron chi connectivity index (χ4n) is 0.980. The van der Waals surface area contributed by atoms with Crippen molar-refractivity contribution in [2.75, 3.05) is 11.1 Å². The minimum absolute atomic E-state index is 0.0700. The molecule has 0 aromatic heterocycles. The Labute approximate surface area is 91.7 Å². The van der Waals surface area contributed by atoms with Crippen molar-refractivity contribution in [3.8, 4) is 0 Å². The fourth-order valence-corrected chi connectivity index (χ4v) is 1.59. The van der Waals surface area contributed by atoms with Crippen molar-refractivity contribution in [1.82, 2.24) is 0 Å². The van der Waals surface area contributed by atoms with E-state index in [0.29, 0.717) is 5.69 Å². The van der Waals surface area contributed by atoms with E-state index in [1.807, 2.05) is 0 Å². The van der Waals surface area contributed by atoms with Crippen LogP contribution < -0.4 is 10.4 Å². The number of anilines is 1. The molecule has 0 saturated heterocycles. The lowest BCUT2D eigenvalue weighted by molar-refractivity contribution is -0.301. The third kappa shape index (κ3) is 4.51. The van der Waals surface area contributed by atoms with Crippen molar-refractivity contribution in [3.63, 3.8) is 0 Å². The molecule has 0 unspecified atom stereocenters. The molecule has 0 radical (unpaired) electrons. The summed E-state index contributed by atoms with van der Waals surface area (Å²) in [7, 11) is 0. The largest absolute Gasteiger partial charge is 0.549 e. The quantitative estimate of drug-likeness (QED) is 0.755. The highest BCUT2D eigenvalue weighted by Crippen LogP contribution is 2.19. The van der Waals surface area contributed by atoms with Gasteiger partial charge >= 0.3 is 0 Å². The van der Waals surface area contributed by atoms with Gasteiger partial charge in [-0.05, 0) is 24.3 Å². The van der Waals surface area contributed by atoms with Crippen molar-refractivity contribution in [3.05, 3.63) is 24.3 Å². The van der Waals surface area contributed by atoms with Crippen molar-refractivity contribution < 1.29 is 14.7 Å². The number of rotatable bonds is 4. The van der Waals surface area contributed by atoms with Gasteiger partial charge < -0.3 is 15.2 Å². The number of carbonyl (C=O) groups excluding carboxylic acids is 2. The number of aliphatic carboxylic acids is 1. The number of nitrogens with one attached hydrogen (secondary N) is 1. The normalized spacial score (nSPS) is 9.67. The minimum Gasteiger partial charge on any atom is -0.549 e. The van der Waals surface area contributed by atoms with E-state index < -0.39 is 5.97 Å². The molecule has 0 aliphatic carbocycles. The molecule has 0 aliphatic heterocycles. The summed E-state index contributed by atoms with van der Waals surface area (Å²) in [6, 6.07) is 6.94. The molecule has 1 aromatic rings. The summed E-state index contributed by atoms with van der Waals surface area (Å²) in [6.45, 7) is 1.43. The maximum atomic E-state index is 10.7. The maximum Gasteiger partial charge on any atom is 0.221 e. The third-order valence-corrected chi connectivity index (χ3v) is 2.52. The Bertz CT molecular complexity index is 361. The molecule has 0 aliphatic rings. The van der Waals surface area contributed by atoms with Gasteiger partial charge in [0.05, 0.1) is 5.97 Å². The van der Waals surface area contributed by atoms with E-state index in [-0.39, 0.29) is 11.7 Å². The molecule has 0 saturated carbocycles. The number of carbonyl (C=O) groups is 2. The van der Waals surface area contributed by atoms with Crippen molar-refractivity contribution in [2.24, 2.45) is 0 Å². The summed E-state index contributed by atoms with van der Waals surface area (Å²) >= 11 is 1.18. The Morgan fingerprint density at radius 2 is 1.93 bits per heavy atom. The van der Waals surface area contributed by atoms with Crippen LogP contribution in [0.4, 0.5) is 5.69 Å². The monoisotopic (exact) mass is 224 g/mol. The molecular formula is C10H10NO3S-. The van der Waals surface area contributed by atoms with E-state index in [0.717, 1.165) is 4.90 Å². The summed E-state index contributed by atoms with van der Waals surface area (Å²) in [5, 5.41) is 12.8. The Hall–Kier alpha value is -1.49. The van der Waals surface area contributed by atoms with Crippen LogP contribution in [0.25, 0.3) is 0 Å². The first kappa shape index (κ1) is 11.6. The summed E-state index contributed by atoms with van der Waals surface area (Å²) in [5.41, 5.74) is 0.695. The Morgan fingerprint density at radius 3 is 2.40 bits per heavy atom. The van der Waals surface area contributed by atoms with E-state index in [9.17, 15) is 14.7 Å². The number of thioether (sulfide) groups is 1. The molecule has 15 heavy (non-hydrogen) atoms. The van der Waals surface area contributed by atoms with Gasteiger partial charge in [-0.1, -0.05) is 0 Å². The number of hydrogen-bond acceptors (Lipinski definition) is 4. The van der Waals surface area contributed by atoms with Gasteiger partial charge in [-0.3, -0.25) is 4.79 Å². The molecule has 0 atom stereocenters. The average molecular weight is 224 g/mol. The number of hydrogen-bond donors (Lipinski definition) is 1. The summed E-state index contributed by atoms with van der Waals surface area (Å²) in [4.78, 5) is 21.7. The Kier molecular flexibility index (Phi) is 4.17. The van der Waals surface area contributed by atoms with E-state index >= 15 is 0 Å². The van der Waals surface area contributed by atoms with Crippen LogP contribution >= 0.6 is 11.8 Å². The van der Waals surface area contributed by atoms with Gasteiger partial charge in [0.1, 0.15) is 0 Å². The fraction of sp³-hybridized carbons (Fsp3) is 0.200. The van der Waals surface area contributed by atoms with Crippen molar-refractivity contribution >= 4 is 29.3 Å². The second-order valence-corrected chi connectivity index (χ2v) is 3.92. The highest BCUT2D eigenvalue weighted by atomic mass is 32.2. The molecule has 1 rings (SSSR count). The van der Waals surface area contributed by atoms with Crippen LogP contribution in [0.3, 0.4) is 0 Å². The number of carboxylic acid groups (broad SMARTS) is 1. The zero-order valence-electron chi connectivity index (χ0n) is 8.15. The molecule has 0 bridgehead atoms. The zero-order chi connectivity index (χ0) is 11.3. The second-order valence-electron chi connectivity index (χ2n) is 2.87. The molecule has 0 fully saturated rings. The summed E-state index contributed by atoms with van der Waals surface area (Å²) in [6.07, 6.45) is 0. The SMILES string of the molecule is CC(=O)Nc1ccc(SCC(=O)[O-])cc1. The van der Waals surface area contributed by atoms with Gasteiger partial charge in [0.2, 0.25) is 5.91 Å². The standard InChI is InChI=1S/C10H11NO3S/c1-7(12)11-8-2-4-9(5-3-8)15-6-10(13)14/h2-5H,6H2,1H3,(H,11,12)(H,13,14)/p-1. The topological polar surface area (TPSA) is 69.2 Å². The van der Waals surface area contributed by atoms with Crippen LogP contribution in [0.5, 0.6) is 0 Å². The molecule has 80 valence electrons. The molecule has 5 heteroatoms. The first-order chi connectivity index (χ1) is 7.08. The summed E-state index contributed by atoms with van der Waals surface area (Å²) < 4.78 is 0. The van der Waals surface area contributed by atoms with Crippen LogP contribution in [0.2, 0.25) is 0 Å². The second kappa shape index (κ2) is 5.41. The van der Waals surface area contributed by atoms with Gasteiger partial charge in [0, 0.05) is 23.3 Å². The van der Waals surface area contributed by atoms with E-state index in [1.165, 1.54) is 18.7 Å². The van der Waals surface area contributed by atoms with Gasteiger partial charge in [-0.15, -0.1) is 11.8 Å². The lowest BCUT2D eigenvalue weighted by Crippen LogP contribution is -2.24. The lowest BCUT2D eigenvalue weighted by atomic mass is 10.3. The van der Waals surface area contributed by atoms with Gasteiger partial charge in [-0.25, -0.2) is 0 Å². The molecule has 0 spiro atoms. The lowest BCUT2D eigenvalue weighted by Gasteiger charge is -2.04. The predicted octanol–water partition coefficient (Wildman–Crippen LogP) is 0.487. The predicted molar refractivity (Wildman–Crippen MR) is 56.5 cm³/mol. The number of amides is 1. The van der Waals surface area contributed by atoms with E-state index in [4.69, 9.17) is 0 Å². The van der Waals surface area contributed by atoms with Crippen LogP contribution in [0.15, 0.2) is 29.2 Å². The smallest absolute Gasteiger partial charge is 0.221 e. The average Bonchev–Trinajstić information content (AvgIpc) is 2.16. The number of carboxylic acids is 1. The molecule has 1 amide bonds. The third-order valence-electron chi connectivity index (χ3n) is 1.53. The van der Waals surface area contributed by atoms with Crippen LogP contribution in [0, 0.1) is 0 Å². The highest BCUT2D eigenvalue weighted by Gasteiger charge is 1.97. The molecule has 1 aromatic carbocycles. The van der Waals surface area contributed by atoms with Gasteiger partial charge in [0.15, 0.2) is 0 Å². The molecule has 1 N–H and O–H groups in total. The van der Waals surface area contributed by atoms with Crippen LogP contribution in [-0.4, -0.2) is 17.6 Å². The van der Waals surface area contributed by atoms with E-state index in [2.05, 4.69) is 5.32 Å². The minimum atomic E-state index is -1.09. The summed E-state index contributed by atoms with van der Waals surface area (Å²) in [5.74, 6) is -1.30. The highest BCUT2D eigenvalue weighted by molar-refractivity contribution is 8.00. The van der Waals surface area contributed by atoms with E-state index in [1.54, 1.807) is 24.3 Å². The van der Waals surface area contributed by atoms with Gasteiger partial charge in [-0.2, -0.15) is 0 Å². The first-order valence-electron chi connectivity index (χ1n) is 4.28. The Morgan fingerprint density at radius 1 is 1.33 bits per heavy atom. The van der Waals surface area contributed by atoms with Crippen LogP contribution in [-0.2, 0) is 9.59 Å².